The number of carbonyl (C=O) groups is 1. The van der Waals surface area contributed by atoms with Crippen LogP contribution < -0.4 is 10.6 Å². The Balaban J connectivity index is 1.49. The number of nitrogens with one attached hydrogen (secondary N) is 2. The number of hydrogen-bond acceptors (Lipinski definition) is 4. The van der Waals surface area contributed by atoms with Crippen LogP contribution in [0.2, 0.25) is 0 Å². The molecule has 0 saturated carbocycles. The molecule has 2 heterocycles. The molecule has 1 amide bonds. The van der Waals surface area contributed by atoms with Crippen LogP contribution in [0.15, 0.2) is 0 Å². The lowest BCUT2D eigenvalue weighted by Crippen LogP contribution is -2.38. The largest absolute Gasteiger partial charge is 0.377 e. The van der Waals surface area contributed by atoms with E-state index in [0.29, 0.717) is 17.8 Å². The first-order valence-corrected chi connectivity index (χ1v) is 8.67. The lowest BCUT2D eigenvalue weighted by Gasteiger charge is -2.23. The van der Waals surface area contributed by atoms with Gasteiger partial charge in [-0.3, -0.25) is 4.79 Å². The van der Waals surface area contributed by atoms with Gasteiger partial charge in [-0.25, -0.2) is 0 Å². The zero-order valence-corrected chi connectivity index (χ0v) is 12.5. The molecule has 0 spiro atoms. The summed E-state index contributed by atoms with van der Waals surface area (Å²) in [6.07, 6.45) is 6.45. The molecule has 110 valence electrons. The Morgan fingerprint density at radius 2 is 2.26 bits per heavy atom. The van der Waals surface area contributed by atoms with Gasteiger partial charge in [0, 0.05) is 18.9 Å². The van der Waals surface area contributed by atoms with Crippen molar-refractivity contribution in [2.75, 3.05) is 37.7 Å². The van der Waals surface area contributed by atoms with E-state index in [9.17, 15) is 4.79 Å². The minimum absolute atomic E-state index is 0.173. The Morgan fingerprint density at radius 3 is 3.00 bits per heavy atom. The van der Waals surface area contributed by atoms with Crippen LogP contribution in [-0.2, 0) is 9.53 Å². The van der Waals surface area contributed by atoms with Gasteiger partial charge in [-0.1, -0.05) is 0 Å². The topological polar surface area (TPSA) is 50.4 Å². The highest BCUT2D eigenvalue weighted by atomic mass is 32.2. The van der Waals surface area contributed by atoms with Crippen molar-refractivity contribution in [3.8, 4) is 0 Å². The van der Waals surface area contributed by atoms with Crippen molar-refractivity contribution in [2.45, 2.75) is 38.2 Å². The fourth-order valence-corrected chi connectivity index (χ4v) is 3.56. The molecule has 4 nitrogen and oxygen atoms in total. The normalized spacial score (nSPS) is 28.0. The molecule has 2 N–H and O–H groups in total. The lowest BCUT2D eigenvalue weighted by molar-refractivity contribution is -0.118. The Labute approximate surface area is 120 Å². The molecular weight excluding hydrogens is 260 g/mol. The van der Waals surface area contributed by atoms with E-state index in [1.165, 1.54) is 25.7 Å². The third-order valence-electron chi connectivity index (χ3n) is 3.80. The zero-order chi connectivity index (χ0) is 13.3. The second-order valence-corrected chi connectivity index (χ2v) is 6.55. The summed E-state index contributed by atoms with van der Waals surface area (Å²) in [5.74, 6) is 2.31. The predicted octanol–water partition coefficient (Wildman–Crippen LogP) is 1.40. The molecule has 0 radical (unpaired) electrons. The van der Waals surface area contributed by atoms with Crippen LogP contribution in [0.5, 0.6) is 0 Å². The van der Waals surface area contributed by atoms with E-state index in [4.69, 9.17) is 4.74 Å². The minimum Gasteiger partial charge on any atom is -0.377 e. The number of piperidine rings is 1. The second-order valence-electron chi connectivity index (χ2n) is 5.52. The first-order chi connectivity index (χ1) is 9.34. The standard InChI is InChI=1S/C14H26N2O2S/c17-14(16-9-12-4-3-6-15-8-12)11-19-10-13-5-1-2-7-18-13/h12-13,15H,1-11H2,(H,16,17). The predicted molar refractivity (Wildman–Crippen MR) is 79.5 cm³/mol. The van der Waals surface area contributed by atoms with E-state index in [1.807, 2.05) is 0 Å². The van der Waals surface area contributed by atoms with Gasteiger partial charge in [-0.2, -0.15) is 0 Å². The van der Waals surface area contributed by atoms with Crippen LogP contribution in [0.1, 0.15) is 32.1 Å². The van der Waals surface area contributed by atoms with E-state index in [2.05, 4.69) is 10.6 Å². The first-order valence-electron chi connectivity index (χ1n) is 7.51. The van der Waals surface area contributed by atoms with Crippen LogP contribution in [0.25, 0.3) is 0 Å². The van der Waals surface area contributed by atoms with Crippen molar-refractivity contribution < 1.29 is 9.53 Å². The molecule has 0 aromatic rings. The Bertz CT molecular complexity index is 264. The van der Waals surface area contributed by atoms with Crippen molar-refractivity contribution in [3.05, 3.63) is 0 Å². The number of thioether (sulfide) groups is 1. The Kier molecular flexibility index (Phi) is 7.03. The molecule has 2 rings (SSSR count). The van der Waals surface area contributed by atoms with Gasteiger partial charge < -0.3 is 15.4 Å². The highest BCUT2D eigenvalue weighted by molar-refractivity contribution is 7.99. The summed E-state index contributed by atoms with van der Waals surface area (Å²) in [5.41, 5.74) is 0. The van der Waals surface area contributed by atoms with Gasteiger partial charge in [0.05, 0.1) is 11.9 Å². The van der Waals surface area contributed by atoms with Crippen molar-refractivity contribution in [1.82, 2.24) is 10.6 Å². The van der Waals surface area contributed by atoms with Gasteiger partial charge >= 0.3 is 0 Å². The van der Waals surface area contributed by atoms with Crippen LogP contribution in [-0.4, -0.2) is 49.8 Å². The van der Waals surface area contributed by atoms with Crippen LogP contribution >= 0.6 is 11.8 Å². The van der Waals surface area contributed by atoms with E-state index in [-0.39, 0.29) is 5.91 Å². The molecule has 2 saturated heterocycles. The lowest BCUT2D eigenvalue weighted by atomic mass is 10.00. The molecule has 19 heavy (non-hydrogen) atoms. The van der Waals surface area contributed by atoms with Gasteiger partial charge in [0.2, 0.25) is 5.91 Å². The van der Waals surface area contributed by atoms with Gasteiger partial charge in [0.15, 0.2) is 0 Å². The number of carbonyl (C=O) groups excluding carboxylic acids is 1. The van der Waals surface area contributed by atoms with Gasteiger partial charge in [-0.15, -0.1) is 11.8 Å². The summed E-state index contributed by atoms with van der Waals surface area (Å²) in [7, 11) is 0. The second kappa shape index (κ2) is 8.82. The fourth-order valence-electron chi connectivity index (χ4n) is 2.63. The zero-order valence-electron chi connectivity index (χ0n) is 11.7. The summed E-state index contributed by atoms with van der Waals surface area (Å²) in [6, 6.07) is 0. The monoisotopic (exact) mass is 286 g/mol. The van der Waals surface area contributed by atoms with Crippen molar-refractivity contribution in [2.24, 2.45) is 5.92 Å². The molecular formula is C14H26N2O2S. The van der Waals surface area contributed by atoms with Gasteiger partial charge in [0.1, 0.15) is 0 Å². The first kappa shape index (κ1) is 15.1. The van der Waals surface area contributed by atoms with Crippen LogP contribution in [0.3, 0.4) is 0 Å². The van der Waals surface area contributed by atoms with E-state index < -0.39 is 0 Å². The van der Waals surface area contributed by atoms with Crippen LogP contribution in [0, 0.1) is 5.92 Å². The van der Waals surface area contributed by atoms with Crippen LogP contribution in [0.4, 0.5) is 0 Å². The molecule has 2 fully saturated rings. The summed E-state index contributed by atoms with van der Waals surface area (Å²) >= 11 is 1.70. The average Bonchev–Trinajstić information content (AvgIpc) is 2.47. The SMILES string of the molecule is O=C(CSCC1CCCCO1)NCC1CCCNC1. The molecule has 2 aliphatic rings. The number of ether oxygens (including phenoxy) is 1. The van der Waals surface area contributed by atoms with Crippen molar-refractivity contribution in [1.29, 1.82) is 0 Å². The molecule has 2 atom stereocenters. The van der Waals surface area contributed by atoms with Crippen molar-refractivity contribution in [3.63, 3.8) is 0 Å². The molecule has 2 unspecified atom stereocenters. The summed E-state index contributed by atoms with van der Waals surface area (Å²) < 4.78 is 5.65. The molecule has 0 aliphatic carbocycles. The van der Waals surface area contributed by atoms with Crippen molar-refractivity contribution >= 4 is 17.7 Å². The average molecular weight is 286 g/mol. The summed E-state index contributed by atoms with van der Waals surface area (Å²) in [4.78, 5) is 11.7. The van der Waals surface area contributed by atoms with E-state index >= 15 is 0 Å². The third kappa shape index (κ3) is 6.15. The maximum atomic E-state index is 11.7. The quantitative estimate of drug-likeness (QED) is 0.775. The maximum Gasteiger partial charge on any atom is 0.230 e. The number of rotatable bonds is 6. The molecule has 0 aromatic carbocycles. The molecule has 0 aromatic heterocycles. The molecule has 0 bridgehead atoms. The fraction of sp³-hybridized carbons (Fsp3) is 0.929. The third-order valence-corrected chi connectivity index (χ3v) is 4.87. The van der Waals surface area contributed by atoms with E-state index in [0.717, 1.165) is 38.4 Å². The van der Waals surface area contributed by atoms with E-state index in [1.54, 1.807) is 11.8 Å². The minimum atomic E-state index is 0.173. The van der Waals surface area contributed by atoms with Gasteiger partial charge in [0.25, 0.3) is 0 Å². The smallest absolute Gasteiger partial charge is 0.230 e. The summed E-state index contributed by atoms with van der Waals surface area (Å²) in [5, 5.41) is 6.42. The Hall–Kier alpha value is -0.260. The summed E-state index contributed by atoms with van der Waals surface area (Å²) in [6.45, 7) is 3.89. The highest BCUT2D eigenvalue weighted by Gasteiger charge is 2.16. The number of hydrogen-bond donors (Lipinski definition) is 2. The highest BCUT2D eigenvalue weighted by Crippen LogP contribution is 2.17. The van der Waals surface area contributed by atoms with Gasteiger partial charge in [-0.05, 0) is 51.1 Å². The number of amides is 1. The Morgan fingerprint density at radius 1 is 1.32 bits per heavy atom. The molecule has 5 heteroatoms. The molecule has 2 aliphatic heterocycles. The maximum absolute atomic E-state index is 11.7.